The highest BCUT2D eigenvalue weighted by Crippen LogP contribution is 2.19. The van der Waals surface area contributed by atoms with Gasteiger partial charge in [0.25, 0.3) is 0 Å². The summed E-state index contributed by atoms with van der Waals surface area (Å²) in [6.07, 6.45) is 11.7. The van der Waals surface area contributed by atoms with E-state index in [0.717, 1.165) is 0 Å². The number of hydrogen-bond donors (Lipinski definition) is 0. The minimum Gasteiger partial charge on any atom is -0.0836 e. The number of aryl methyl sites for hydroxylation is 1. The molecule has 4 aliphatic rings. The zero-order valence-corrected chi connectivity index (χ0v) is 10.6. The number of hydrogen-bond acceptors (Lipinski definition) is 0. The van der Waals surface area contributed by atoms with Gasteiger partial charge in [-0.25, -0.2) is 0 Å². The van der Waals surface area contributed by atoms with E-state index in [1.165, 1.54) is 44.8 Å². The molecule has 0 unspecified atom stereocenters. The van der Waals surface area contributed by atoms with Gasteiger partial charge >= 0.3 is 0 Å². The maximum atomic E-state index is 2.38. The Kier molecular flexibility index (Phi) is 2.02. The van der Waals surface area contributed by atoms with Crippen molar-refractivity contribution in [3.05, 3.63) is 62.3 Å². The number of rotatable bonds is 0. The molecule has 88 valence electrons. The van der Waals surface area contributed by atoms with Gasteiger partial charge in [-0.05, 0) is 50.8 Å². The van der Waals surface area contributed by atoms with E-state index in [4.69, 9.17) is 0 Å². The van der Waals surface area contributed by atoms with Crippen LogP contribution in [0.25, 0.3) is 18.2 Å². The lowest BCUT2D eigenvalue weighted by molar-refractivity contribution is 0.986. The molecule has 0 spiro atoms. The summed E-state index contributed by atoms with van der Waals surface area (Å²) in [6, 6.07) is 9.21. The Bertz CT molecular complexity index is 837. The molecule has 0 heterocycles. The Labute approximate surface area is 107 Å². The molecule has 0 radical (unpaired) electrons. The monoisotopic (exact) mass is 232 g/mol. The third kappa shape index (κ3) is 1.32. The molecule has 0 aromatic heterocycles. The standard InChI is InChI=1S/C18H16/c1-12-10-14-7-6-13-4-2-3-5-16(13)17-9-8-15(11-12)18(14)17/h3,5-12H,2,4H2,1H3/t12-/m1/s1. The third-order valence-electron chi connectivity index (χ3n) is 4.13. The first-order chi connectivity index (χ1) is 8.83. The summed E-state index contributed by atoms with van der Waals surface area (Å²) in [5.74, 6) is 0.540. The molecule has 0 fully saturated rings. The van der Waals surface area contributed by atoms with E-state index in [0.29, 0.717) is 5.92 Å². The van der Waals surface area contributed by atoms with E-state index in [2.05, 4.69) is 55.5 Å². The topological polar surface area (TPSA) is 0 Å². The second-order valence-electron chi connectivity index (χ2n) is 5.44. The maximum Gasteiger partial charge on any atom is -0.00387 e. The van der Waals surface area contributed by atoms with Gasteiger partial charge in [0.05, 0.1) is 0 Å². The van der Waals surface area contributed by atoms with Gasteiger partial charge in [-0.15, -0.1) is 0 Å². The first-order valence-corrected chi connectivity index (χ1v) is 6.78. The fourth-order valence-electron chi connectivity index (χ4n) is 3.33. The van der Waals surface area contributed by atoms with Crippen LogP contribution in [-0.2, 0) is 6.42 Å². The van der Waals surface area contributed by atoms with E-state index in [9.17, 15) is 0 Å². The molecule has 0 amide bonds. The third-order valence-corrected chi connectivity index (χ3v) is 4.13. The molecule has 0 N–H and O–H groups in total. The Balaban J connectivity index is 2.34. The van der Waals surface area contributed by atoms with Crippen LogP contribution in [0.1, 0.15) is 24.5 Å². The van der Waals surface area contributed by atoms with Crippen LogP contribution >= 0.6 is 0 Å². The van der Waals surface area contributed by atoms with Gasteiger partial charge in [-0.3, -0.25) is 0 Å². The lowest BCUT2D eigenvalue weighted by Crippen LogP contribution is -2.18. The largest absolute Gasteiger partial charge is 0.0836 e. The zero-order chi connectivity index (χ0) is 12.1. The molecule has 4 rings (SSSR count). The van der Waals surface area contributed by atoms with Gasteiger partial charge in [0, 0.05) is 0 Å². The molecule has 18 heavy (non-hydrogen) atoms. The summed E-state index contributed by atoms with van der Waals surface area (Å²) < 4.78 is 0. The highest BCUT2D eigenvalue weighted by molar-refractivity contribution is 5.59. The van der Waals surface area contributed by atoms with Crippen molar-refractivity contribution in [2.75, 3.05) is 0 Å². The quantitative estimate of drug-likeness (QED) is 0.655. The molecule has 0 heteroatoms. The average molecular weight is 232 g/mol. The lowest BCUT2D eigenvalue weighted by Gasteiger charge is -2.06. The molecule has 0 aromatic carbocycles. The van der Waals surface area contributed by atoms with E-state index in [-0.39, 0.29) is 0 Å². The van der Waals surface area contributed by atoms with Crippen molar-refractivity contribution < 1.29 is 0 Å². The highest BCUT2D eigenvalue weighted by Gasteiger charge is 2.09. The molecule has 0 bridgehead atoms. The molecule has 0 aromatic rings. The molecular formula is C18H16. The second-order valence-corrected chi connectivity index (χ2v) is 5.44. The molecule has 0 saturated heterocycles. The predicted octanol–water partition coefficient (Wildman–Crippen LogP) is 2.58. The van der Waals surface area contributed by atoms with E-state index >= 15 is 0 Å². The SMILES string of the molecule is C[C@@H]1C=c2ccc3c(c4ccc(c2=4)=C1)C=CCC3. The van der Waals surface area contributed by atoms with Crippen LogP contribution in [0.2, 0.25) is 0 Å². The molecule has 1 atom stereocenters. The summed E-state index contributed by atoms with van der Waals surface area (Å²) >= 11 is 0. The van der Waals surface area contributed by atoms with Gasteiger partial charge in [0.2, 0.25) is 0 Å². The van der Waals surface area contributed by atoms with Crippen molar-refractivity contribution in [3.63, 3.8) is 0 Å². The summed E-state index contributed by atoms with van der Waals surface area (Å²) in [5.41, 5.74) is 2.93. The smallest absolute Gasteiger partial charge is 0.00387 e. The maximum absolute atomic E-state index is 2.38. The van der Waals surface area contributed by atoms with Crippen LogP contribution in [0.15, 0.2) is 30.3 Å². The van der Waals surface area contributed by atoms with Crippen LogP contribution in [0, 0.1) is 16.4 Å². The minimum absolute atomic E-state index is 0.540. The summed E-state index contributed by atoms with van der Waals surface area (Å²) in [5, 5.41) is 5.69. The van der Waals surface area contributed by atoms with Crippen LogP contribution < -0.4 is 10.4 Å². The van der Waals surface area contributed by atoms with Crippen LogP contribution in [-0.4, -0.2) is 0 Å². The molecule has 4 aliphatic carbocycles. The van der Waals surface area contributed by atoms with Crippen molar-refractivity contribution in [3.8, 4) is 0 Å². The van der Waals surface area contributed by atoms with Crippen LogP contribution in [0.3, 0.4) is 0 Å². The van der Waals surface area contributed by atoms with Gasteiger partial charge in [-0.1, -0.05) is 55.5 Å². The Morgan fingerprint density at radius 3 is 2.61 bits per heavy atom. The van der Waals surface area contributed by atoms with Crippen LogP contribution in [0.5, 0.6) is 0 Å². The highest BCUT2D eigenvalue weighted by atomic mass is 14.1. The summed E-state index contributed by atoms with van der Waals surface area (Å²) in [4.78, 5) is 0. The normalized spacial score (nSPS) is 20.2. The average Bonchev–Trinajstić information content (AvgIpc) is 2.72. The van der Waals surface area contributed by atoms with Crippen molar-refractivity contribution in [2.45, 2.75) is 19.8 Å². The first-order valence-electron chi connectivity index (χ1n) is 6.78. The number of allylic oxidation sites excluding steroid dienone is 1. The first kappa shape index (κ1) is 10.1. The van der Waals surface area contributed by atoms with E-state index in [1.807, 2.05) is 0 Å². The van der Waals surface area contributed by atoms with Crippen molar-refractivity contribution in [1.29, 1.82) is 0 Å². The lowest BCUT2D eigenvalue weighted by atomic mass is 9.98. The Morgan fingerprint density at radius 1 is 1.00 bits per heavy atom. The fourth-order valence-corrected chi connectivity index (χ4v) is 3.33. The second kappa shape index (κ2) is 3.58. The molecule has 0 saturated carbocycles. The van der Waals surface area contributed by atoms with E-state index in [1.54, 1.807) is 0 Å². The predicted molar refractivity (Wildman–Crippen MR) is 76.4 cm³/mol. The minimum atomic E-state index is 0.540. The van der Waals surface area contributed by atoms with Gasteiger partial charge in [0.15, 0.2) is 0 Å². The summed E-state index contributed by atoms with van der Waals surface area (Å²) in [7, 11) is 0. The van der Waals surface area contributed by atoms with Gasteiger partial charge in [0.1, 0.15) is 0 Å². The van der Waals surface area contributed by atoms with Crippen molar-refractivity contribution >= 4 is 18.2 Å². The molecular weight excluding hydrogens is 216 g/mol. The van der Waals surface area contributed by atoms with Crippen molar-refractivity contribution in [1.82, 2.24) is 0 Å². The Morgan fingerprint density at radius 2 is 1.78 bits per heavy atom. The Hall–Kier alpha value is -1.82. The van der Waals surface area contributed by atoms with Gasteiger partial charge in [-0.2, -0.15) is 0 Å². The summed E-state index contributed by atoms with van der Waals surface area (Å²) in [6.45, 7) is 2.26. The van der Waals surface area contributed by atoms with Gasteiger partial charge < -0.3 is 0 Å². The number of fused-ring (bicyclic) bond motifs is 2. The van der Waals surface area contributed by atoms with E-state index < -0.39 is 0 Å². The van der Waals surface area contributed by atoms with Crippen LogP contribution in [0.4, 0.5) is 0 Å². The van der Waals surface area contributed by atoms with Crippen molar-refractivity contribution in [2.24, 2.45) is 5.92 Å². The molecule has 0 aliphatic heterocycles. The fraction of sp³-hybridized carbons (Fsp3) is 0.222. The zero-order valence-electron chi connectivity index (χ0n) is 10.6. The molecule has 0 nitrogen and oxygen atoms in total.